The molecule has 0 aromatic rings. The first-order valence-corrected chi connectivity index (χ1v) is 8.92. The van der Waals surface area contributed by atoms with Gasteiger partial charge in [0.1, 0.15) is 11.2 Å². The Bertz CT molecular complexity index is 478. The zero-order chi connectivity index (χ0) is 18.1. The van der Waals surface area contributed by atoms with Gasteiger partial charge in [-0.1, -0.05) is 6.42 Å². The van der Waals surface area contributed by atoms with Crippen molar-refractivity contribution in [2.75, 3.05) is 13.1 Å². The Labute approximate surface area is 145 Å². The summed E-state index contributed by atoms with van der Waals surface area (Å²) in [6, 6.07) is 0.0611. The monoisotopic (exact) mass is 340 g/mol. The minimum Gasteiger partial charge on any atom is -0.444 e. The number of hydrogen-bond acceptors (Lipinski definition) is 4. The lowest BCUT2D eigenvalue weighted by atomic mass is 9.78. The Morgan fingerprint density at radius 2 is 1.58 bits per heavy atom. The van der Waals surface area contributed by atoms with Gasteiger partial charge >= 0.3 is 12.2 Å². The van der Waals surface area contributed by atoms with Gasteiger partial charge in [0.15, 0.2) is 0 Å². The third kappa shape index (κ3) is 5.28. The second-order valence-electron chi connectivity index (χ2n) is 8.99. The quantitative estimate of drug-likeness (QED) is 0.793. The van der Waals surface area contributed by atoms with Gasteiger partial charge in [0.2, 0.25) is 0 Å². The number of carbonyl (C=O) groups excluding carboxylic acids is 2. The highest BCUT2D eigenvalue weighted by atomic mass is 16.6. The number of fused-ring (bicyclic) bond motifs is 1. The average molecular weight is 340 g/mol. The van der Waals surface area contributed by atoms with Gasteiger partial charge in [0, 0.05) is 25.0 Å². The summed E-state index contributed by atoms with van der Waals surface area (Å²) in [5.41, 5.74) is -0.991. The van der Waals surface area contributed by atoms with E-state index in [0.29, 0.717) is 19.0 Å². The molecule has 24 heavy (non-hydrogen) atoms. The van der Waals surface area contributed by atoms with Crippen LogP contribution in [0.4, 0.5) is 9.59 Å². The lowest BCUT2D eigenvalue weighted by molar-refractivity contribution is 0.0283. The largest absolute Gasteiger partial charge is 0.444 e. The molecule has 0 aromatic carbocycles. The SMILES string of the molecule is CC(C)(C)OC(=O)NC1CCCC2CN(C(=O)OC(C)(C)C)CC21. The molecule has 138 valence electrons. The van der Waals surface area contributed by atoms with Crippen LogP contribution < -0.4 is 5.32 Å². The van der Waals surface area contributed by atoms with Crippen molar-refractivity contribution in [2.24, 2.45) is 11.8 Å². The first-order chi connectivity index (χ1) is 10.9. The molecule has 1 saturated heterocycles. The van der Waals surface area contributed by atoms with Crippen LogP contribution in [0.5, 0.6) is 0 Å². The zero-order valence-electron chi connectivity index (χ0n) is 15.8. The van der Waals surface area contributed by atoms with Gasteiger partial charge in [-0.15, -0.1) is 0 Å². The van der Waals surface area contributed by atoms with Gasteiger partial charge in [0.05, 0.1) is 0 Å². The van der Waals surface area contributed by atoms with E-state index < -0.39 is 11.2 Å². The second kappa shape index (κ2) is 6.81. The first kappa shape index (κ1) is 18.9. The molecule has 2 fully saturated rings. The molecule has 1 saturated carbocycles. The van der Waals surface area contributed by atoms with Crippen molar-refractivity contribution in [3.05, 3.63) is 0 Å². The molecule has 3 atom stereocenters. The smallest absolute Gasteiger partial charge is 0.410 e. The molecular weight excluding hydrogens is 308 g/mol. The molecule has 2 rings (SSSR count). The molecule has 6 heteroatoms. The highest BCUT2D eigenvalue weighted by Crippen LogP contribution is 2.37. The summed E-state index contributed by atoms with van der Waals surface area (Å²) < 4.78 is 10.9. The highest BCUT2D eigenvalue weighted by molar-refractivity contribution is 5.69. The molecule has 1 N–H and O–H groups in total. The van der Waals surface area contributed by atoms with Crippen molar-refractivity contribution in [3.63, 3.8) is 0 Å². The van der Waals surface area contributed by atoms with Crippen molar-refractivity contribution in [2.45, 2.75) is 78.0 Å². The van der Waals surface area contributed by atoms with E-state index in [1.807, 2.05) is 41.5 Å². The predicted molar refractivity (Wildman–Crippen MR) is 91.8 cm³/mol. The molecule has 1 aliphatic carbocycles. The third-order valence-electron chi connectivity index (χ3n) is 4.45. The van der Waals surface area contributed by atoms with Crippen LogP contribution in [0.1, 0.15) is 60.8 Å². The Balaban J connectivity index is 1.95. The van der Waals surface area contributed by atoms with E-state index in [1.54, 1.807) is 4.90 Å². The number of nitrogens with zero attached hydrogens (tertiary/aromatic N) is 1. The number of rotatable bonds is 1. The van der Waals surface area contributed by atoms with Crippen molar-refractivity contribution in [1.29, 1.82) is 0 Å². The fourth-order valence-electron chi connectivity index (χ4n) is 3.59. The lowest BCUT2D eigenvalue weighted by Crippen LogP contribution is -2.47. The topological polar surface area (TPSA) is 67.9 Å². The molecule has 0 radical (unpaired) electrons. The summed E-state index contributed by atoms with van der Waals surface area (Å²) in [5, 5.41) is 3.01. The average Bonchev–Trinajstić information content (AvgIpc) is 2.79. The number of hydrogen-bond donors (Lipinski definition) is 1. The minimum absolute atomic E-state index is 0.0611. The molecule has 2 amide bonds. The van der Waals surface area contributed by atoms with Crippen molar-refractivity contribution in [3.8, 4) is 0 Å². The Kier molecular flexibility index (Phi) is 5.35. The summed E-state index contributed by atoms with van der Waals surface area (Å²) in [7, 11) is 0. The molecule has 0 bridgehead atoms. The fraction of sp³-hybridized carbons (Fsp3) is 0.889. The van der Waals surface area contributed by atoms with Gasteiger partial charge in [-0.05, 0) is 60.3 Å². The van der Waals surface area contributed by atoms with Crippen LogP contribution in [0.3, 0.4) is 0 Å². The van der Waals surface area contributed by atoms with E-state index in [0.717, 1.165) is 19.3 Å². The molecule has 1 aliphatic heterocycles. The summed E-state index contributed by atoms with van der Waals surface area (Å²) in [5.74, 6) is 0.699. The van der Waals surface area contributed by atoms with Crippen LogP contribution in [0, 0.1) is 11.8 Å². The number of likely N-dealkylation sites (tertiary alicyclic amines) is 1. The third-order valence-corrected chi connectivity index (χ3v) is 4.45. The van der Waals surface area contributed by atoms with E-state index in [1.165, 1.54) is 0 Å². The molecular formula is C18H32N2O4. The number of carbonyl (C=O) groups is 2. The van der Waals surface area contributed by atoms with Crippen LogP contribution in [0.2, 0.25) is 0 Å². The first-order valence-electron chi connectivity index (χ1n) is 8.92. The standard InChI is InChI=1S/C18H32N2O4/c1-17(2,3)23-15(21)19-14-9-7-8-12-10-20(11-13(12)14)16(22)24-18(4,5)6/h12-14H,7-11H2,1-6H3,(H,19,21). The van der Waals surface area contributed by atoms with E-state index >= 15 is 0 Å². The van der Waals surface area contributed by atoms with Crippen molar-refractivity contribution in [1.82, 2.24) is 10.2 Å². The van der Waals surface area contributed by atoms with Crippen LogP contribution >= 0.6 is 0 Å². The Morgan fingerprint density at radius 3 is 2.17 bits per heavy atom. The molecule has 0 spiro atoms. The Morgan fingerprint density at radius 1 is 0.958 bits per heavy atom. The minimum atomic E-state index is -0.504. The molecule has 1 heterocycles. The van der Waals surface area contributed by atoms with E-state index in [9.17, 15) is 9.59 Å². The number of ether oxygens (including phenoxy) is 2. The fourth-order valence-corrected chi connectivity index (χ4v) is 3.59. The van der Waals surface area contributed by atoms with Crippen LogP contribution in [0.25, 0.3) is 0 Å². The number of amides is 2. The maximum Gasteiger partial charge on any atom is 0.410 e. The maximum atomic E-state index is 12.3. The van der Waals surface area contributed by atoms with E-state index in [-0.39, 0.29) is 24.1 Å². The number of alkyl carbamates (subject to hydrolysis) is 1. The normalized spacial score (nSPS) is 27.4. The van der Waals surface area contributed by atoms with Crippen LogP contribution in [0.15, 0.2) is 0 Å². The van der Waals surface area contributed by atoms with Gasteiger partial charge < -0.3 is 19.7 Å². The van der Waals surface area contributed by atoms with Crippen molar-refractivity contribution >= 4 is 12.2 Å². The molecule has 0 aromatic heterocycles. The molecule has 3 unspecified atom stereocenters. The lowest BCUT2D eigenvalue weighted by Gasteiger charge is -2.33. The van der Waals surface area contributed by atoms with Crippen molar-refractivity contribution < 1.29 is 19.1 Å². The van der Waals surface area contributed by atoms with Gasteiger partial charge in [-0.25, -0.2) is 9.59 Å². The van der Waals surface area contributed by atoms with Crippen LogP contribution in [-0.4, -0.2) is 47.4 Å². The summed E-state index contributed by atoms with van der Waals surface area (Å²) >= 11 is 0. The van der Waals surface area contributed by atoms with E-state index in [2.05, 4.69) is 5.32 Å². The summed E-state index contributed by atoms with van der Waals surface area (Å²) in [6.07, 6.45) is 2.46. The van der Waals surface area contributed by atoms with E-state index in [4.69, 9.17) is 9.47 Å². The predicted octanol–water partition coefficient (Wildman–Crippen LogP) is 3.55. The Hall–Kier alpha value is -1.46. The van der Waals surface area contributed by atoms with Gasteiger partial charge in [-0.3, -0.25) is 0 Å². The molecule has 2 aliphatic rings. The highest BCUT2D eigenvalue weighted by Gasteiger charge is 2.43. The van der Waals surface area contributed by atoms with Gasteiger partial charge in [-0.2, -0.15) is 0 Å². The summed E-state index contributed by atoms with van der Waals surface area (Å²) in [6.45, 7) is 12.6. The van der Waals surface area contributed by atoms with Gasteiger partial charge in [0.25, 0.3) is 0 Å². The molecule has 6 nitrogen and oxygen atoms in total. The number of nitrogens with one attached hydrogen (secondary N) is 1. The second-order valence-corrected chi connectivity index (χ2v) is 8.99. The zero-order valence-corrected chi connectivity index (χ0v) is 15.8. The van der Waals surface area contributed by atoms with Crippen LogP contribution in [-0.2, 0) is 9.47 Å². The summed E-state index contributed by atoms with van der Waals surface area (Å²) in [4.78, 5) is 26.2. The maximum absolute atomic E-state index is 12.3.